The molecule has 0 saturated carbocycles. The minimum absolute atomic E-state index is 0. The quantitative estimate of drug-likeness (QED) is 0.164. The van der Waals surface area contributed by atoms with Crippen LogP contribution in [0.15, 0.2) is 109 Å². The number of benzene rings is 4. The summed E-state index contributed by atoms with van der Waals surface area (Å²) in [6, 6.07) is 39.1. The molecule has 2 aliphatic carbocycles. The van der Waals surface area contributed by atoms with Gasteiger partial charge in [0, 0.05) is 42.2 Å². The Labute approximate surface area is 371 Å². The summed E-state index contributed by atoms with van der Waals surface area (Å²) >= 11 is 3.75. The van der Waals surface area contributed by atoms with Crippen molar-refractivity contribution in [2.24, 2.45) is 5.92 Å². The maximum absolute atomic E-state index is 5.77. The first kappa shape index (κ1) is 40.2. The zero-order valence-electron chi connectivity index (χ0n) is 35.6. The van der Waals surface area contributed by atoms with Crippen LogP contribution >= 0.6 is 22.7 Å². The molecule has 0 N–H and O–H groups in total. The van der Waals surface area contributed by atoms with E-state index in [0.29, 0.717) is 11.8 Å². The van der Waals surface area contributed by atoms with Gasteiger partial charge in [-0.05, 0) is 87.5 Å². The molecule has 5 heteroatoms. The van der Waals surface area contributed by atoms with E-state index in [2.05, 4.69) is 191 Å². The zero-order chi connectivity index (χ0) is 40.5. The first-order valence-electron chi connectivity index (χ1n) is 20.7. The fraction of sp³-hybridized carbons (Fsp3) is 0.296. The SMILES string of the molecule is CC(C)(C)c1ccc2sc3c(-c4[c-]c5ccccc5c5cc(C(C)(C)C)sc45)nc(C(C)(C)c4cccc(-c5[c-]ccc6c5C5C=CC=CC5C6(C)C)n4)cc3c2c1.[Pt+2]. The first-order chi connectivity index (χ1) is 27.5. The van der Waals surface area contributed by atoms with Crippen LogP contribution in [0.3, 0.4) is 0 Å². The Morgan fingerprint density at radius 2 is 1.42 bits per heavy atom. The number of allylic oxidation sites excluding steroid dienone is 4. The van der Waals surface area contributed by atoms with E-state index in [1.165, 1.54) is 57.2 Å². The smallest absolute Gasteiger partial charge is 0.300 e. The molecule has 2 nitrogen and oxygen atoms in total. The second-order valence-electron chi connectivity index (χ2n) is 19.7. The van der Waals surface area contributed by atoms with Crippen molar-refractivity contribution in [3.8, 4) is 22.5 Å². The van der Waals surface area contributed by atoms with Crippen LogP contribution in [0.5, 0.6) is 0 Å². The Bertz CT molecular complexity index is 3050. The summed E-state index contributed by atoms with van der Waals surface area (Å²) in [5.41, 5.74) is 9.81. The molecule has 59 heavy (non-hydrogen) atoms. The molecule has 2 unspecified atom stereocenters. The van der Waals surface area contributed by atoms with Crippen molar-refractivity contribution in [3.63, 3.8) is 0 Å². The molecule has 8 aromatic rings. The third-order valence-corrected chi connectivity index (χ3v) is 15.8. The molecular weight excluding hydrogens is 936 g/mol. The van der Waals surface area contributed by atoms with Crippen LogP contribution in [0.4, 0.5) is 0 Å². The molecule has 0 aliphatic heterocycles. The third kappa shape index (κ3) is 6.34. The van der Waals surface area contributed by atoms with Crippen LogP contribution in [-0.4, -0.2) is 9.97 Å². The molecule has 4 aromatic carbocycles. The van der Waals surface area contributed by atoms with Crippen molar-refractivity contribution in [2.75, 3.05) is 0 Å². The van der Waals surface area contributed by atoms with E-state index in [9.17, 15) is 0 Å². The predicted octanol–water partition coefficient (Wildman–Crippen LogP) is 15.2. The number of fused-ring (bicyclic) bond motifs is 9. The van der Waals surface area contributed by atoms with Crippen molar-refractivity contribution >= 4 is 63.7 Å². The van der Waals surface area contributed by atoms with E-state index < -0.39 is 5.41 Å². The predicted molar refractivity (Wildman–Crippen MR) is 250 cm³/mol. The fourth-order valence-electron chi connectivity index (χ4n) is 9.50. The Morgan fingerprint density at radius 1 is 0.661 bits per heavy atom. The van der Waals surface area contributed by atoms with Gasteiger partial charge in [-0.25, -0.2) is 0 Å². The normalized spacial score (nSPS) is 17.5. The molecule has 0 bridgehead atoms. The minimum atomic E-state index is -0.524. The van der Waals surface area contributed by atoms with E-state index in [4.69, 9.17) is 9.97 Å². The maximum Gasteiger partial charge on any atom is 2.00 e. The van der Waals surface area contributed by atoms with Gasteiger partial charge in [-0.2, -0.15) is 11.3 Å². The molecule has 4 aromatic heterocycles. The number of thiophene rings is 2. The molecule has 10 rings (SSSR count). The van der Waals surface area contributed by atoms with Crippen LogP contribution in [0.1, 0.15) is 108 Å². The van der Waals surface area contributed by atoms with Crippen molar-refractivity contribution in [2.45, 2.75) is 96.8 Å². The van der Waals surface area contributed by atoms with E-state index in [-0.39, 0.29) is 37.3 Å². The average molecular weight is 986 g/mol. The van der Waals surface area contributed by atoms with Gasteiger partial charge in [-0.3, -0.25) is 4.98 Å². The Kier molecular flexibility index (Phi) is 9.48. The van der Waals surface area contributed by atoms with Crippen molar-refractivity contribution in [3.05, 3.63) is 154 Å². The monoisotopic (exact) mass is 985 g/mol. The molecule has 2 atom stereocenters. The molecule has 0 radical (unpaired) electrons. The molecule has 0 spiro atoms. The van der Waals surface area contributed by atoms with Crippen molar-refractivity contribution < 1.29 is 21.1 Å². The summed E-state index contributed by atoms with van der Waals surface area (Å²) < 4.78 is 3.74. The number of nitrogens with zero attached hydrogens (tertiary/aromatic N) is 2. The second kappa shape index (κ2) is 13.9. The molecule has 0 amide bonds. The molecule has 0 fully saturated rings. The minimum Gasteiger partial charge on any atom is -0.300 e. The Balaban J connectivity index is 0.00000449. The summed E-state index contributed by atoms with van der Waals surface area (Å²) in [5, 5.41) is 6.18. The van der Waals surface area contributed by atoms with Gasteiger partial charge >= 0.3 is 21.1 Å². The largest absolute Gasteiger partial charge is 2.00 e. The number of hydrogen-bond acceptors (Lipinski definition) is 4. The van der Waals surface area contributed by atoms with Gasteiger partial charge in [0.2, 0.25) is 0 Å². The second-order valence-corrected chi connectivity index (χ2v) is 21.8. The van der Waals surface area contributed by atoms with Gasteiger partial charge in [0.05, 0.1) is 0 Å². The van der Waals surface area contributed by atoms with Gasteiger partial charge < -0.3 is 4.98 Å². The summed E-state index contributed by atoms with van der Waals surface area (Å²) in [6.45, 7) is 23.2. The van der Waals surface area contributed by atoms with Crippen molar-refractivity contribution in [1.82, 2.24) is 9.97 Å². The molecule has 4 heterocycles. The van der Waals surface area contributed by atoms with Gasteiger partial charge in [-0.1, -0.05) is 138 Å². The van der Waals surface area contributed by atoms with E-state index in [1.54, 1.807) is 0 Å². The van der Waals surface area contributed by atoms with E-state index in [0.717, 1.165) is 39.3 Å². The van der Waals surface area contributed by atoms with E-state index >= 15 is 0 Å². The molecule has 2 aliphatic rings. The third-order valence-electron chi connectivity index (χ3n) is 13.1. The van der Waals surface area contributed by atoms with Crippen LogP contribution in [0.25, 0.3) is 63.5 Å². The topological polar surface area (TPSA) is 25.8 Å². The van der Waals surface area contributed by atoms with Crippen molar-refractivity contribution in [1.29, 1.82) is 0 Å². The van der Waals surface area contributed by atoms with Gasteiger partial charge in [0.1, 0.15) is 0 Å². The zero-order valence-corrected chi connectivity index (χ0v) is 39.5. The molecular formula is C54H50N2PtS2. The van der Waals surface area contributed by atoms with Gasteiger partial charge in [0.25, 0.3) is 0 Å². The summed E-state index contributed by atoms with van der Waals surface area (Å²) in [5.74, 6) is 0.722. The van der Waals surface area contributed by atoms with Gasteiger partial charge in [0.15, 0.2) is 0 Å². The maximum atomic E-state index is 5.77. The van der Waals surface area contributed by atoms with E-state index in [1.807, 2.05) is 22.7 Å². The number of rotatable bonds is 4. The number of aromatic nitrogens is 2. The van der Waals surface area contributed by atoms with Gasteiger partial charge in [-0.15, -0.1) is 63.7 Å². The van der Waals surface area contributed by atoms with Crippen LogP contribution in [0, 0.1) is 18.1 Å². The standard InChI is InChI=1S/C54H50N2S2.Pt/c1-51(2,3)32-25-26-43-36(28-32)37-29-45(56-48(50(37)57-43)39-27-31-17-11-12-18-33(31)38-30-46(52(4,5)6)58-49(38)39)54(9,10)44-24-16-23-42(55-44)35-20-15-22-41-47(35)34-19-13-14-21-40(34)53(41,7)8;/h11-19,21-26,28-30,34,40H,1-10H3;/q-2;+2. The first-order valence-corrected chi connectivity index (χ1v) is 22.3. The van der Waals surface area contributed by atoms with Crippen LogP contribution < -0.4 is 0 Å². The average Bonchev–Trinajstić information content (AvgIpc) is 3.88. The van der Waals surface area contributed by atoms with Crippen LogP contribution in [-0.2, 0) is 42.7 Å². The number of hydrogen-bond donors (Lipinski definition) is 0. The molecule has 298 valence electrons. The summed E-state index contributed by atoms with van der Waals surface area (Å²) in [7, 11) is 0. The Hall–Kier alpha value is -4.21. The molecule has 0 saturated heterocycles. The Morgan fingerprint density at radius 3 is 2.20 bits per heavy atom. The summed E-state index contributed by atoms with van der Waals surface area (Å²) in [6.07, 6.45) is 9.18. The fourth-order valence-corrected chi connectivity index (χ4v) is 11.9. The summed E-state index contributed by atoms with van der Waals surface area (Å²) in [4.78, 5) is 12.7. The van der Waals surface area contributed by atoms with Crippen LogP contribution in [0.2, 0.25) is 0 Å². The number of pyridine rings is 2.